The zero-order valence-corrected chi connectivity index (χ0v) is 15.6. The highest BCUT2D eigenvalue weighted by Gasteiger charge is 2.38. The summed E-state index contributed by atoms with van der Waals surface area (Å²) in [4.78, 5) is 13.4. The Balaban J connectivity index is 1.34. The molecule has 0 saturated carbocycles. The predicted molar refractivity (Wildman–Crippen MR) is 101 cm³/mol. The van der Waals surface area contributed by atoms with E-state index in [1.165, 1.54) is 28.2 Å². The van der Waals surface area contributed by atoms with Gasteiger partial charge in [0.25, 0.3) is 0 Å². The number of fused-ring (bicyclic) bond motifs is 1. The number of likely N-dealkylation sites (tertiary alicyclic amines) is 1. The van der Waals surface area contributed by atoms with Crippen molar-refractivity contribution in [1.29, 1.82) is 0 Å². The molecule has 1 aliphatic heterocycles. The molecule has 6 heteroatoms. The molecule has 26 heavy (non-hydrogen) atoms. The fourth-order valence-corrected chi connectivity index (χ4v) is 4.53. The molecule has 1 aromatic carbocycles. The number of carbonyl (C=O) groups is 1. The zero-order chi connectivity index (χ0) is 17.9. The number of benzene rings is 1. The molecule has 1 N–H and O–H groups in total. The highest BCUT2D eigenvalue weighted by atomic mass is 32.1. The molecule has 0 bridgehead atoms. The number of nitrogens with zero attached hydrogens (tertiary/aromatic N) is 2. The number of hydrogen-bond donors (Lipinski definition) is 1. The first-order valence-electron chi connectivity index (χ1n) is 9.29. The Kier molecular flexibility index (Phi) is 5.22. The quantitative estimate of drug-likeness (QED) is 0.757. The standard InChI is InChI=1S/C20H24N2O3S/c23-20(24)16-11-22(12-16)17-7-6-15-4-1-5-19(18(15)9-17)25-8-2-3-14-10-21-26-13-14/h1,4-5,10,13,16-17H,2-3,6-9,11-12H2,(H,23,24). The first-order chi connectivity index (χ1) is 12.7. The Labute approximate surface area is 157 Å². The highest BCUT2D eigenvalue weighted by molar-refractivity contribution is 7.03. The summed E-state index contributed by atoms with van der Waals surface area (Å²) in [5.41, 5.74) is 3.98. The lowest BCUT2D eigenvalue weighted by molar-refractivity contribution is -0.148. The van der Waals surface area contributed by atoms with Crippen molar-refractivity contribution < 1.29 is 14.6 Å². The number of aromatic nitrogens is 1. The van der Waals surface area contributed by atoms with Gasteiger partial charge in [0, 0.05) is 30.7 Å². The molecular weight excluding hydrogens is 348 g/mol. The van der Waals surface area contributed by atoms with E-state index in [0.717, 1.165) is 37.9 Å². The zero-order valence-electron chi connectivity index (χ0n) is 14.8. The third-order valence-electron chi connectivity index (χ3n) is 5.54. The van der Waals surface area contributed by atoms with Crippen LogP contribution in [0.1, 0.15) is 29.5 Å². The van der Waals surface area contributed by atoms with E-state index < -0.39 is 5.97 Å². The maximum Gasteiger partial charge on any atom is 0.309 e. The van der Waals surface area contributed by atoms with Gasteiger partial charge in [-0.2, -0.15) is 0 Å². The van der Waals surface area contributed by atoms with Crippen molar-refractivity contribution in [2.45, 2.75) is 38.1 Å². The summed E-state index contributed by atoms with van der Waals surface area (Å²) in [6.07, 6.45) is 7.03. The van der Waals surface area contributed by atoms with Crippen molar-refractivity contribution in [3.8, 4) is 5.75 Å². The van der Waals surface area contributed by atoms with Gasteiger partial charge in [0.1, 0.15) is 5.75 Å². The summed E-state index contributed by atoms with van der Waals surface area (Å²) in [5.74, 6) is 0.155. The van der Waals surface area contributed by atoms with Crippen molar-refractivity contribution >= 4 is 17.5 Å². The Morgan fingerprint density at radius 3 is 3.04 bits per heavy atom. The summed E-state index contributed by atoms with van der Waals surface area (Å²) in [5, 5.41) is 11.2. The van der Waals surface area contributed by atoms with E-state index in [1.54, 1.807) is 0 Å². The molecule has 5 nitrogen and oxygen atoms in total. The van der Waals surface area contributed by atoms with Crippen molar-refractivity contribution in [1.82, 2.24) is 9.27 Å². The van der Waals surface area contributed by atoms with E-state index in [0.29, 0.717) is 25.7 Å². The Morgan fingerprint density at radius 1 is 1.38 bits per heavy atom. The number of aryl methyl sites for hydroxylation is 2. The van der Waals surface area contributed by atoms with E-state index in [9.17, 15) is 4.79 Å². The minimum atomic E-state index is -0.665. The van der Waals surface area contributed by atoms with Crippen LogP contribution < -0.4 is 4.74 Å². The van der Waals surface area contributed by atoms with Gasteiger partial charge >= 0.3 is 5.97 Å². The van der Waals surface area contributed by atoms with E-state index in [2.05, 4.69) is 32.9 Å². The molecule has 1 saturated heterocycles. The number of carboxylic acid groups (broad SMARTS) is 1. The van der Waals surface area contributed by atoms with Crippen molar-refractivity contribution in [3.63, 3.8) is 0 Å². The van der Waals surface area contributed by atoms with E-state index in [-0.39, 0.29) is 5.92 Å². The van der Waals surface area contributed by atoms with Crippen LogP contribution >= 0.6 is 11.5 Å². The highest BCUT2D eigenvalue weighted by Crippen LogP contribution is 2.34. The van der Waals surface area contributed by atoms with E-state index >= 15 is 0 Å². The topological polar surface area (TPSA) is 62.7 Å². The molecule has 0 radical (unpaired) electrons. The summed E-state index contributed by atoms with van der Waals surface area (Å²) >= 11 is 1.49. The molecule has 4 rings (SSSR count). The lowest BCUT2D eigenvalue weighted by Crippen LogP contribution is -2.56. The van der Waals surface area contributed by atoms with Gasteiger partial charge < -0.3 is 9.84 Å². The van der Waals surface area contributed by atoms with Crippen LogP contribution in [0.4, 0.5) is 0 Å². The Hall–Kier alpha value is -1.92. The van der Waals surface area contributed by atoms with Gasteiger partial charge in [0.2, 0.25) is 0 Å². The molecular formula is C20H24N2O3S. The van der Waals surface area contributed by atoms with Gasteiger partial charge in [-0.25, -0.2) is 4.37 Å². The molecule has 0 spiro atoms. The SMILES string of the molecule is O=C(O)C1CN(C2CCc3cccc(OCCCc4cnsc4)c3C2)C1. The van der Waals surface area contributed by atoms with Crippen LogP contribution in [-0.2, 0) is 24.1 Å². The van der Waals surface area contributed by atoms with Crippen LogP contribution in [0.2, 0.25) is 0 Å². The molecule has 1 aliphatic carbocycles. The third-order valence-corrected chi connectivity index (χ3v) is 6.18. The summed E-state index contributed by atoms with van der Waals surface area (Å²) in [7, 11) is 0. The molecule has 1 aromatic heterocycles. The van der Waals surface area contributed by atoms with Crippen LogP contribution in [0.25, 0.3) is 0 Å². The lowest BCUT2D eigenvalue weighted by Gasteiger charge is -2.44. The maximum absolute atomic E-state index is 11.0. The Bertz CT molecular complexity index is 756. The van der Waals surface area contributed by atoms with Crippen LogP contribution in [-0.4, -0.2) is 46.1 Å². The number of rotatable bonds is 7. The van der Waals surface area contributed by atoms with Gasteiger partial charge in [0.15, 0.2) is 0 Å². The second-order valence-electron chi connectivity index (χ2n) is 7.26. The molecule has 1 atom stereocenters. The minimum Gasteiger partial charge on any atom is -0.493 e. The first kappa shape index (κ1) is 17.5. The van der Waals surface area contributed by atoms with Crippen molar-refractivity contribution in [3.05, 3.63) is 46.5 Å². The van der Waals surface area contributed by atoms with Crippen LogP contribution in [0, 0.1) is 5.92 Å². The summed E-state index contributed by atoms with van der Waals surface area (Å²) in [6, 6.07) is 6.80. The van der Waals surface area contributed by atoms with Crippen LogP contribution in [0.3, 0.4) is 0 Å². The molecule has 0 amide bonds. The Morgan fingerprint density at radius 2 is 2.27 bits per heavy atom. The largest absolute Gasteiger partial charge is 0.493 e. The number of carboxylic acids is 1. The van der Waals surface area contributed by atoms with E-state index in [4.69, 9.17) is 9.84 Å². The third kappa shape index (κ3) is 3.76. The average Bonchev–Trinajstić information content (AvgIpc) is 3.10. The van der Waals surface area contributed by atoms with Gasteiger partial charge in [0.05, 0.1) is 12.5 Å². The lowest BCUT2D eigenvalue weighted by atomic mass is 9.84. The monoisotopic (exact) mass is 372 g/mol. The molecule has 2 aromatic rings. The summed E-state index contributed by atoms with van der Waals surface area (Å²) < 4.78 is 10.2. The number of hydrogen-bond acceptors (Lipinski definition) is 5. The molecule has 138 valence electrons. The van der Waals surface area contributed by atoms with Gasteiger partial charge in [-0.3, -0.25) is 9.69 Å². The molecule has 2 heterocycles. The average molecular weight is 372 g/mol. The number of aliphatic carboxylic acids is 1. The minimum absolute atomic E-state index is 0.186. The maximum atomic E-state index is 11.0. The van der Waals surface area contributed by atoms with Gasteiger partial charge in [-0.1, -0.05) is 12.1 Å². The van der Waals surface area contributed by atoms with E-state index in [1.807, 2.05) is 6.20 Å². The fraction of sp³-hybridized carbons (Fsp3) is 0.500. The fourth-order valence-electron chi connectivity index (χ4n) is 3.96. The van der Waals surface area contributed by atoms with Crippen LogP contribution in [0.5, 0.6) is 5.75 Å². The van der Waals surface area contributed by atoms with Crippen molar-refractivity contribution in [2.24, 2.45) is 5.92 Å². The molecule has 2 aliphatic rings. The molecule has 1 fully saturated rings. The van der Waals surface area contributed by atoms with Crippen molar-refractivity contribution in [2.75, 3.05) is 19.7 Å². The second-order valence-corrected chi connectivity index (χ2v) is 7.92. The van der Waals surface area contributed by atoms with Crippen LogP contribution in [0.15, 0.2) is 29.8 Å². The molecule has 1 unspecified atom stereocenters. The first-order valence-corrected chi connectivity index (χ1v) is 10.1. The number of ether oxygens (including phenoxy) is 1. The second kappa shape index (κ2) is 7.76. The predicted octanol–water partition coefficient (Wildman–Crippen LogP) is 3.03. The van der Waals surface area contributed by atoms with Gasteiger partial charge in [-0.05, 0) is 66.4 Å². The smallest absolute Gasteiger partial charge is 0.309 e. The summed E-state index contributed by atoms with van der Waals surface area (Å²) in [6.45, 7) is 2.09. The normalized spacial score (nSPS) is 20.4. The van der Waals surface area contributed by atoms with Gasteiger partial charge in [-0.15, -0.1) is 0 Å².